The van der Waals surface area contributed by atoms with Crippen LogP contribution in [0.3, 0.4) is 0 Å². The van der Waals surface area contributed by atoms with Crippen molar-refractivity contribution >= 4 is 22.7 Å². The van der Waals surface area contributed by atoms with Crippen LogP contribution in [0.5, 0.6) is 0 Å². The number of aromatic nitrogens is 1. The first kappa shape index (κ1) is 12.5. The van der Waals surface area contributed by atoms with E-state index in [9.17, 15) is 0 Å². The molecule has 1 aliphatic rings. The molecule has 0 amide bonds. The van der Waals surface area contributed by atoms with E-state index in [1.54, 1.807) is 11.3 Å². The highest BCUT2D eigenvalue weighted by Gasteiger charge is 2.15. The van der Waals surface area contributed by atoms with Crippen molar-refractivity contribution in [2.45, 2.75) is 26.2 Å². The monoisotopic (exact) mass is 273 g/mol. The van der Waals surface area contributed by atoms with Crippen LogP contribution in [0.15, 0.2) is 23.6 Å². The average Bonchev–Trinajstić information content (AvgIpc) is 3.10. The molecular weight excluding hydrogens is 254 g/mol. The predicted octanol–water partition coefficient (Wildman–Crippen LogP) is 3.55. The maximum absolute atomic E-state index is 6.21. The van der Waals surface area contributed by atoms with Crippen molar-refractivity contribution in [3.8, 4) is 11.3 Å². The van der Waals surface area contributed by atoms with E-state index in [4.69, 9.17) is 5.73 Å². The lowest BCUT2D eigenvalue weighted by molar-refractivity contribution is 0.949. The second kappa shape index (κ2) is 5.21. The summed E-state index contributed by atoms with van der Waals surface area (Å²) in [5.74, 6) is 0. The first-order valence-corrected chi connectivity index (χ1v) is 7.75. The van der Waals surface area contributed by atoms with Crippen molar-refractivity contribution < 1.29 is 0 Å². The number of nitrogens with zero attached hydrogens (tertiary/aromatic N) is 2. The Balaban J connectivity index is 1.90. The molecule has 100 valence electrons. The second-order valence-electron chi connectivity index (χ2n) is 4.95. The van der Waals surface area contributed by atoms with Gasteiger partial charge in [0.2, 0.25) is 0 Å². The summed E-state index contributed by atoms with van der Waals surface area (Å²) >= 11 is 1.72. The third-order valence-electron chi connectivity index (χ3n) is 3.62. The Morgan fingerprint density at radius 1 is 1.32 bits per heavy atom. The van der Waals surface area contributed by atoms with Crippen molar-refractivity contribution in [3.05, 3.63) is 28.6 Å². The Morgan fingerprint density at radius 2 is 2.11 bits per heavy atom. The summed E-state index contributed by atoms with van der Waals surface area (Å²) in [4.78, 5) is 6.99. The molecule has 0 atom stereocenters. The van der Waals surface area contributed by atoms with Crippen molar-refractivity contribution in [2.24, 2.45) is 0 Å². The lowest BCUT2D eigenvalue weighted by Gasteiger charge is -2.20. The molecule has 0 bridgehead atoms. The van der Waals surface area contributed by atoms with Gasteiger partial charge in [0.1, 0.15) is 0 Å². The van der Waals surface area contributed by atoms with Gasteiger partial charge in [-0.15, -0.1) is 11.3 Å². The molecule has 2 aromatic rings. The first-order valence-electron chi connectivity index (χ1n) is 6.87. The van der Waals surface area contributed by atoms with E-state index in [-0.39, 0.29) is 0 Å². The maximum atomic E-state index is 6.21. The van der Waals surface area contributed by atoms with Gasteiger partial charge in [-0.05, 0) is 31.4 Å². The smallest absolute Gasteiger partial charge is 0.0929 e. The molecule has 1 aromatic carbocycles. The molecule has 1 aromatic heterocycles. The summed E-state index contributed by atoms with van der Waals surface area (Å²) in [6.07, 6.45) is 3.53. The van der Waals surface area contributed by atoms with Gasteiger partial charge in [0.25, 0.3) is 0 Å². The lowest BCUT2D eigenvalue weighted by Crippen LogP contribution is -2.18. The zero-order chi connectivity index (χ0) is 13.2. The molecule has 0 aliphatic carbocycles. The van der Waals surface area contributed by atoms with Crippen LogP contribution in [-0.2, 0) is 6.42 Å². The Morgan fingerprint density at radius 3 is 2.74 bits per heavy atom. The maximum Gasteiger partial charge on any atom is 0.0929 e. The molecule has 0 saturated carbocycles. The molecule has 2 N–H and O–H groups in total. The number of aryl methyl sites for hydroxylation is 1. The van der Waals surface area contributed by atoms with Gasteiger partial charge in [-0.3, -0.25) is 0 Å². The van der Waals surface area contributed by atoms with E-state index in [1.807, 2.05) is 0 Å². The number of nitrogens with two attached hydrogens (primary N) is 1. The number of thiazole rings is 1. The number of hydrogen-bond donors (Lipinski definition) is 1. The van der Waals surface area contributed by atoms with E-state index in [0.717, 1.165) is 36.5 Å². The van der Waals surface area contributed by atoms with Crippen LogP contribution >= 0.6 is 11.3 Å². The number of hydrogen-bond acceptors (Lipinski definition) is 4. The van der Waals surface area contributed by atoms with Gasteiger partial charge in [0.05, 0.1) is 22.1 Å². The lowest BCUT2D eigenvalue weighted by atomic mass is 10.1. The summed E-state index contributed by atoms with van der Waals surface area (Å²) in [5.41, 5.74) is 10.4. The molecule has 1 fully saturated rings. The Bertz CT molecular complexity index is 571. The average molecular weight is 273 g/mol. The molecule has 2 heterocycles. The summed E-state index contributed by atoms with van der Waals surface area (Å²) in [6, 6.07) is 6.33. The van der Waals surface area contributed by atoms with Crippen LogP contribution in [0.2, 0.25) is 0 Å². The molecule has 3 rings (SSSR count). The van der Waals surface area contributed by atoms with Crippen molar-refractivity contribution in [1.29, 1.82) is 0 Å². The highest BCUT2D eigenvalue weighted by atomic mass is 32.1. The van der Waals surface area contributed by atoms with Crippen molar-refractivity contribution in [3.63, 3.8) is 0 Å². The minimum Gasteiger partial charge on any atom is -0.397 e. The predicted molar refractivity (Wildman–Crippen MR) is 82.8 cm³/mol. The van der Waals surface area contributed by atoms with E-state index in [2.05, 4.69) is 40.4 Å². The zero-order valence-corrected chi connectivity index (χ0v) is 12.0. The van der Waals surface area contributed by atoms with E-state index in [1.165, 1.54) is 23.5 Å². The summed E-state index contributed by atoms with van der Waals surface area (Å²) in [7, 11) is 0. The van der Waals surface area contributed by atoms with Gasteiger partial charge in [-0.25, -0.2) is 4.98 Å². The van der Waals surface area contributed by atoms with Crippen LogP contribution < -0.4 is 10.6 Å². The number of benzene rings is 1. The second-order valence-corrected chi connectivity index (χ2v) is 5.89. The van der Waals surface area contributed by atoms with Crippen LogP contribution in [0.4, 0.5) is 11.4 Å². The number of rotatable bonds is 3. The fourth-order valence-electron chi connectivity index (χ4n) is 2.57. The largest absolute Gasteiger partial charge is 0.397 e. The first-order chi connectivity index (χ1) is 9.28. The molecular formula is C15H19N3S. The standard InChI is InChI=1S/C15H19N3S/c1-2-15-17-13(10-19-15)11-5-6-14(12(16)9-11)18-7-3-4-8-18/h5-6,9-10H,2-4,7-8,16H2,1H3. The van der Waals surface area contributed by atoms with Crippen LogP contribution in [0.25, 0.3) is 11.3 Å². The summed E-state index contributed by atoms with van der Waals surface area (Å²) in [6.45, 7) is 4.38. The SMILES string of the molecule is CCc1nc(-c2ccc(N3CCCC3)c(N)c2)cs1. The van der Waals surface area contributed by atoms with Crippen LogP contribution in [-0.4, -0.2) is 18.1 Å². The highest BCUT2D eigenvalue weighted by Crippen LogP contribution is 2.31. The van der Waals surface area contributed by atoms with Crippen molar-refractivity contribution in [2.75, 3.05) is 23.7 Å². The van der Waals surface area contributed by atoms with E-state index < -0.39 is 0 Å². The molecule has 4 heteroatoms. The van der Waals surface area contributed by atoms with Crippen LogP contribution in [0, 0.1) is 0 Å². The molecule has 0 radical (unpaired) electrons. The highest BCUT2D eigenvalue weighted by molar-refractivity contribution is 7.09. The molecule has 0 spiro atoms. The molecule has 1 aliphatic heterocycles. The Labute approximate surface area is 118 Å². The fraction of sp³-hybridized carbons (Fsp3) is 0.400. The zero-order valence-electron chi connectivity index (χ0n) is 11.2. The Hall–Kier alpha value is -1.55. The van der Waals surface area contributed by atoms with Crippen LogP contribution in [0.1, 0.15) is 24.8 Å². The van der Waals surface area contributed by atoms with Gasteiger partial charge >= 0.3 is 0 Å². The van der Waals surface area contributed by atoms with Gasteiger partial charge in [-0.1, -0.05) is 13.0 Å². The Kier molecular flexibility index (Phi) is 3.42. The molecule has 1 saturated heterocycles. The third-order valence-corrected chi connectivity index (χ3v) is 4.62. The van der Waals surface area contributed by atoms with Gasteiger partial charge in [0, 0.05) is 24.0 Å². The number of anilines is 2. The fourth-order valence-corrected chi connectivity index (χ4v) is 3.32. The molecule has 19 heavy (non-hydrogen) atoms. The molecule has 3 nitrogen and oxygen atoms in total. The number of nitrogen functional groups attached to an aromatic ring is 1. The molecule has 0 unspecified atom stereocenters. The van der Waals surface area contributed by atoms with Crippen molar-refractivity contribution in [1.82, 2.24) is 4.98 Å². The van der Waals surface area contributed by atoms with E-state index >= 15 is 0 Å². The third kappa shape index (κ3) is 2.45. The summed E-state index contributed by atoms with van der Waals surface area (Å²) < 4.78 is 0. The van der Waals surface area contributed by atoms with Gasteiger partial charge in [0.15, 0.2) is 0 Å². The van der Waals surface area contributed by atoms with Gasteiger partial charge in [-0.2, -0.15) is 0 Å². The minimum absolute atomic E-state index is 0.866. The summed E-state index contributed by atoms with van der Waals surface area (Å²) in [5, 5.41) is 3.29. The van der Waals surface area contributed by atoms with E-state index in [0.29, 0.717) is 0 Å². The normalized spacial score (nSPS) is 15.1. The topological polar surface area (TPSA) is 42.2 Å². The minimum atomic E-state index is 0.866. The quantitative estimate of drug-likeness (QED) is 0.870. The van der Waals surface area contributed by atoms with Gasteiger partial charge < -0.3 is 10.6 Å².